The number of piperazine rings is 1. The predicted octanol–water partition coefficient (Wildman–Crippen LogP) is 10.00. The smallest absolute Gasteiger partial charge is 0.111 e. The highest BCUT2D eigenvalue weighted by atomic mass is 15.6. The summed E-state index contributed by atoms with van der Waals surface area (Å²) in [6.45, 7) is 17.6. The van der Waals surface area contributed by atoms with Gasteiger partial charge in [-0.15, -0.1) is 0 Å². The molecular formula is C50H48N4. The lowest BCUT2D eigenvalue weighted by molar-refractivity contribution is -0.105. The van der Waals surface area contributed by atoms with Gasteiger partial charge in [-0.25, -0.2) is 0 Å². The Kier molecular flexibility index (Phi) is 6.69. The third-order valence-corrected chi connectivity index (χ3v) is 13.8. The van der Waals surface area contributed by atoms with Gasteiger partial charge in [0, 0.05) is 37.6 Å². The van der Waals surface area contributed by atoms with Gasteiger partial charge in [0.25, 0.3) is 0 Å². The summed E-state index contributed by atoms with van der Waals surface area (Å²) >= 11 is 0. The molecular weight excluding hydrogens is 657 g/mol. The average Bonchev–Trinajstić information content (AvgIpc) is 3.92. The van der Waals surface area contributed by atoms with Gasteiger partial charge < -0.3 is 9.80 Å². The largest absolute Gasteiger partial charge is 0.352 e. The van der Waals surface area contributed by atoms with Crippen LogP contribution in [-0.4, -0.2) is 48.3 Å². The van der Waals surface area contributed by atoms with E-state index in [0.717, 1.165) is 26.2 Å². The molecule has 0 amide bonds. The fraction of sp³-hybridized carbons (Fsp3) is 0.280. The van der Waals surface area contributed by atoms with Gasteiger partial charge in [-0.05, 0) is 108 Å². The van der Waals surface area contributed by atoms with E-state index in [2.05, 4.69) is 182 Å². The number of hydrogen-bond acceptors (Lipinski definition) is 4. The Morgan fingerprint density at radius 1 is 0.389 bits per heavy atom. The van der Waals surface area contributed by atoms with Crippen LogP contribution >= 0.6 is 0 Å². The molecule has 6 aromatic carbocycles. The lowest BCUT2D eigenvalue weighted by Gasteiger charge is -2.65. The zero-order valence-corrected chi connectivity index (χ0v) is 32.3. The zero-order chi connectivity index (χ0) is 36.7. The molecule has 4 heteroatoms. The molecule has 268 valence electrons. The van der Waals surface area contributed by atoms with Crippen molar-refractivity contribution in [2.75, 3.05) is 36.0 Å². The lowest BCUT2D eigenvalue weighted by atomic mass is 9.71. The standard InChI is InChI=1S/C50H48N4/c1-31-27-33(3)45(34(4)28-31)51-23-25-53-47(51)49(41-19-11-7-15-37(41)38-16-8-12-20-42(38)49)54-26-24-52(46-35(5)29-32(2)30-36(46)6)48(54)50(53)43-21-13-9-17-39(43)40-18-10-14-22-44(40)50/h7-22,27-30,47-48H,23-26H2,1-6H3. The first-order valence-electron chi connectivity index (χ1n) is 19.9. The maximum atomic E-state index is 3.01. The zero-order valence-electron chi connectivity index (χ0n) is 32.3. The van der Waals surface area contributed by atoms with E-state index in [1.807, 2.05) is 0 Å². The number of hydrogen-bond donors (Lipinski definition) is 0. The molecule has 2 aliphatic carbocycles. The summed E-state index contributed by atoms with van der Waals surface area (Å²) in [5.74, 6) is 0. The second-order valence-corrected chi connectivity index (χ2v) is 16.7. The van der Waals surface area contributed by atoms with Crippen LogP contribution in [0.2, 0.25) is 0 Å². The van der Waals surface area contributed by atoms with Crippen molar-refractivity contribution in [3.05, 3.63) is 177 Å². The minimum absolute atomic E-state index is 0.0260. The van der Waals surface area contributed by atoms with Crippen LogP contribution < -0.4 is 9.80 Å². The van der Waals surface area contributed by atoms with Gasteiger partial charge >= 0.3 is 0 Å². The summed E-state index contributed by atoms with van der Waals surface area (Å²) in [7, 11) is 0. The van der Waals surface area contributed by atoms with E-state index in [-0.39, 0.29) is 12.3 Å². The van der Waals surface area contributed by atoms with Crippen molar-refractivity contribution in [2.24, 2.45) is 0 Å². The van der Waals surface area contributed by atoms with Crippen LogP contribution in [0.15, 0.2) is 121 Å². The first kappa shape index (κ1) is 32.3. The van der Waals surface area contributed by atoms with E-state index in [1.165, 1.54) is 89.3 Å². The van der Waals surface area contributed by atoms with E-state index in [4.69, 9.17) is 0 Å². The first-order valence-corrected chi connectivity index (χ1v) is 19.9. The van der Waals surface area contributed by atoms with Crippen LogP contribution in [0.4, 0.5) is 11.4 Å². The molecule has 54 heavy (non-hydrogen) atoms. The molecule has 0 bridgehead atoms. The second-order valence-electron chi connectivity index (χ2n) is 16.7. The van der Waals surface area contributed by atoms with Gasteiger partial charge in [0.15, 0.2) is 0 Å². The highest BCUT2D eigenvalue weighted by Crippen LogP contribution is 2.67. The number of benzene rings is 6. The fourth-order valence-electron chi connectivity index (χ4n) is 12.6. The molecule has 5 aliphatic rings. The first-order chi connectivity index (χ1) is 26.3. The van der Waals surface area contributed by atoms with Crippen molar-refractivity contribution in [1.82, 2.24) is 9.80 Å². The Hall–Kier alpha value is -5.16. The summed E-state index contributed by atoms with van der Waals surface area (Å²) in [5, 5.41) is 0. The number of nitrogens with zero attached hydrogens (tertiary/aromatic N) is 4. The van der Waals surface area contributed by atoms with E-state index < -0.39 is 11.1 Å². The summed E-state index contributed by atoms with van der Waals surface area (Å²) in [6.07, 6.45) is 0.0519. The van der Waals surface area contributed by atoms with Crippen LogP contribution in [0.25, 0.3) is 22.3 Å². The second kappa shape index (κ2) is 11.2. The van der Waals surface area contributed by atoms with Crippen molar-refractivity contribution in [1.29, 1.82) is 0 Å². The van der Waals surface area contributed by atoms with Gasteiger partial charge in [-0.1, -0.05) is 132 Å². The molecule has 3 heterocycles. The van der Waals surface area contributed by atoms with Crippen molar-refractivity contribution >= 4 is 11.4 Å². The average molecular weight is 705 g/mol. The van der Waals surface area contributed by atoms with Gasteiger partial charge in [-0.3, -0.25) is 9.80 Å². The van der Waals surface area contributed by atoms with E-state index in [1.54, 1.807) is 0 Å². The number of rotatable bonds is 2. The number of aryl methyl sites for hydroxylation is 6. The quantitative estimate of drug-likeness (QED) is 0.178. The van der Waals surface area contributed by atoms with Gasteiger partial charge in [0.05, 0.1) is 0 Å². The Morgan fingerprint density at radius 2 is 0.667 bits per heavy atom. The van der Waals surface area contributed by atoms with E-state index >= 15 is 0 Å². The molecule has 11 rings (SSSR count). The van der Waals surface area contributed by atoms with Crippen LogP contribution in [0, 0.1) is 41.5 Å². The molecule has 0 radical (unpaired) electrons. The molecule has 2 atom stereocenters. The molecule has 4 nitrogen and oxygen atoms in total. The summed E-state index contributed by atoms with van der Waals surface area (Å²) in [6, 6.07) is 47.2. The van der Waals surface area contributed by atoms with Crippen LogP contribution in [-0.2, 0) is 11.1 Å². The van der Waals surface area contributed by atoms with Crippen molar-refractivity contribution in [3.8, 4) is 22.3 Å². The Labute approximate surface area is 320 Å². The summed E-state index contributed by atoms with van der Waals surface area (Å²) < 4.78 is 0. The highest BCUT2D eigenvalue weighted by Gasteiger charge is 2.74. The minimum Gasteiger partial charge on any atom is -0.352 e. The van der Waals surface area contributed by atoms with Gasteiger partial charge in [0.1, 0.15) is 23.4 Å². The van der Waals surface area contributed by atoms with Crippen molar-refractivity contribution in [3.63, 3.8) is 0 Å². The number of fused-ring (bicyclic) bond motifs is 16. The van der Waals surface area contributed by atoms with Crippen LogP contribution in [0.3, 0.4) is 0 Å². The van der Waals surface area contributed by atoms with Crippen LogP contribution in [0.5, 0.6) is 0 Å². The number of anilines is 2. The van der Waals surface area contributed by atoms with E-state index in [9.17, 15) is 0 Å². The topological polar surface area (TPSA) is 13.0 Å². The molecule has 0 aromatic heterocycles. The van der Waals surface area contributed by atoms with E-state index in [0.29, 0.717) is 0 Å². The van der Waals surface area contributed by atoms with Gasteiger partial charge in [-0.2, -0.15) is 0 Å². The summed E-state index contributed by atoms with van der Waals surface area (Å²) in [5.41, 5.74) is 21.3. The third-order valence-electron chi connectivity index (χ3n) is 13.8. The fourth-order valence-corrected chi connectivity index (χ4v) is 12.6. The normalized spacial score (nSPS) is 21.3. The SMILES string of the molecule is Cc1cc(C)c(N2CCN3C2C2(c4ccccc4-c4ccccc42)N2CCN(c4c(C)cc(C)cc4C)C2C32c3ccccc3-c3ccccc32)c(C)c1. The molecule has 2 spiro atoms. The molecule has 0 saturated carbocycles. The molecule has 3 saturated heterocycles. The van der Waals surface area contributed by atoms with Gasteiger partial charge in [0.2, 0.25) is 0 Å². The molecule has 6 aromatic rings. The third kappa shape index (κ3) is 3.80. The van der Waals surface area contributed by atoms with Crippen LogP contribution in [0.1, 0.15) is 55.6 Å². The molecule has 2 unspecified atom stereocenters. The lowest BCUT2D eigenvalue weighted by Crippen LogP contribution is -2.78. The molecule has 3 aliphatic heterocycles. The Balaban J connectivity index is 1.30. The minimum atomic E-state index is -0.433. The monoisotopic (exact) mass is 704 g/mol. The predicted molar refractivity (Wildman–Crippen MR) is 222 cm³/mol. The van der Waals surface area contributed by atoms with Crippen molar-refractivity contribution < 1.29 is 0 Å². The summed E-state index contributed by atoms with van der Waals surface area (Å²) in [4.78, 5) is 11.7. The maximum absolute atomic E-state index is 3.01. The highest BCUT2D eigenvalue weighted by molar-refractivity contribution is 5.86. The maximum Gasteiger partial charge on any atom is 0.111 e. The van der Waals surface area contributed by atoms with Crippen molar-refractivity contribution in [2.45, 2.75) is 65.0 Å². The Bertz CT molecular complexity index is 2230. The molecule has 3 fully saturated rings. The molecule has 0 N–H and O–H groups in total. The Morgan fingerprint density at radius 3 is 0.963 bits per heavy atom.